The SMILES string of the molecule is COc1ccc2c(c1)[C@H]1[C@H](CC2)[C@H]2CC[C@H](C(C)=O)[C@]2(O)C[Se]1=O. The van der Waals surface area contributed by atoms with Crippen LogP contribution < -0.4 is 4.74 Å². The fraction of sp³-hybridized carbons (Fsp3) is 0.632. The molecule has 4 nitrogen and oxygen atoms in total. The summed E-state index contributed by atoms with van der Waals surface area (Å²) in [5.41, 5.74) is 1.41. The van der Waals surface area contributed by atoms with Gasteiger partial charge in [0.1, 0.15) is 0 Å². The van der Waals surface area contributed by atoms with Crippen LogP contribution in [0.5, 0.6) is 5.75 Å². The number of fused-ring (bicyclic) bond motifs is 5. The van der Waals surface area contributed by atoms with Crippen LogP contribution in [0, 0.1) is 17.8 Å². The number of methoxy groups -OCH3 is 1. The average Bonchev–Trinajstić information content (AvgIpc) is 2.90. The first-order chi connectivity index (χ1) is 11.5. The van der Waals surface area contributed by atoms with Gasteiger partial charge in [-0.2, -0.15) is 0 Å². The Morgan fingerprint density at radius 1 is 1.33 bits per heavy atom. The van der Waals surface area contributed by atoms with E-state index in [4.69, 9.17) is 4.74 Å². The Kier molecular flexibility index (Phi) is 3.94. The van der Waals surface area contributed by atoms with Gasteiger partial charge in [-0.3, -0.25) is 0 Å². The van der Waals surface area contributed by atoms with E-state index in [1.54, 1.807) is 14.0 Å². The van der Waals surface area contributed by atoms with Crippen LogP contribution in [0.25, 0.3) is 0 Å². The molecule has 6 atom stereocenters. The first kappa shape index (κ1) is 16.4. The zero-order valence-corrected chi connectivity index (χ0v) is 15.9. The fourth-order valence-corrected chi connectivity index (χ4v) is 10.2. The van der Waals surface area contributed by atoms with Crippen LogP contribution >= 0.6 is 0 Å². The van der Waals surface area contributed by atoms with Gasteiger partial charge in [-0.1, -0.05) is 0 Å². The van der Waals surface area contributed by atoms with E-state index in [2.05, 4.69) is 6.07 Å². The second-order valence-corrected chi connectivity index (χ2v) is 10.8. The Hall–Kier alpha value is -1.03. The van der Waals surface area contributed by atoms with E-state index in [0.717, 1.165) is 31.4 Å². The minimum absolute atomic E-state index is 0.0510. The van der Waals surface area contributed by atoms with E-state index >= 15 is 0 Å². The minimum atomic E-state index is -2.27. The monoisotopic (exact) mass is 396 g/mol. The van der Waals surface area contributed by atoms with Crippen LogP contribution in [0.15, 0.2) is 18.2 Å². The van der Waals surface area contributed by atoms with Crippen molar-refractivity contribution in [3.63, 3.8) is 0 Å². The van der Waals surface area contributed by atoms with Gasteiger partial charge >= 0.3 is 146 Å². The van der Waals surface area contributed by atoms with Gasteiger partial charge in [0.05, 0.1) is 0 Å². The van der Waals surface area contributed by atoms with E-state index in [9.17, 15) is 13.7 Å². The number of aryl methyl sites for hydroxylation is 1. The third-order valence-electron chi connectivity index (χ3n) is 6.47. The van der Waals surface area contributed by atoms with Gasteiger partial charge in [0.25, 0.3) is 0 Å². The van der Waals surface area contributed by atoms with Gasteiger partial charge in [0.2, 0.25) is 0 Å². The maximum absolute atomic E-state index is 13.2. The molecular formula is C19H24O4Se. The second kappa shape index (κ2) is 5.76. The zero-order chi connectivity index (χ0) is 17.1. The molecule has 0 spiro atoms. The summed E-state index contributed by atoms with van der Waals surface area (Å²) < 4.78 is 18.6. The molecule has 3 aliphatic rings. The molecule has 1 aromatic rings. The molecule has 1 saturated heterocycles. The number of carbonyl (C=O) groups is 1. The van der Waals surface area contributed by atoms with Crippen molar-refractivity contribution in [1.29, 1.82) is 0 Å². The normalized spacial score (nSPS) is 40.4. The summed E-state index contributed by atoms with van der Waals surface area (Å²) in [6.07, 6.45) is 3.53. The van der Waals surface area contributed by atoms with Crippen molar-refractivity contribution in [2.75, 3.05) is 7.11 Å². The number of hydrogen-bond donors (Lipinski definition) is 1. The molecule has 1 unspecified atom stereocenters. The van der Waals surface area contributed by atoms with E-state index in [-0.39, 0.29) is 28.4 Å². The van der Waals surface area contributed by atoms with Gasteiger partial charge in [-0.25, -0.2) is 0 Å². The standard InChI is InChI=1S/C19H24O4Se/c1-11(20)16-7-8-17-14-6-4-12-3-5-13(23-2)9-15(12)18(14)24(22)10-19(16,17)21/h3,5,9,14,16-18,21H,4,6-8,10H2,1-2H3/t14-,16-,17-,18-,19-,24?/m1/s1. The number of Topliss-reactive ketones (excluding diaryl/α,β-unsaturated/α-hetero) is 1. The van der Waals surface area contributed by atoms with E-state index in [1.165, 1.54) is 11.1 Å². The summed E-state index contributed by atoms with van der Waals surface area (Å²) in [6, 6.07) is 6.11. The molecule has 1 aliphatic heterocycles. The molecule has 1 N–H and O–H groups in total. The Balaban J connectivity index is 1.75. The molecule has 1 saturated carbocycles. The number of benzene rings is 1. The molecule has 1 heterocycles. The number of aliphatic hydroxyl groups is 1. The molecule has 5 heteroatoms. The Bertz CT molecular complexity index is 715. The first-order valence-corrected chi connectivity index (χ1v) is 11.6. The Morgan fingerprint density at radius 3 is 2.83 bits per heavy atom. The first-order valence-electron chi connectivity index (χ1n) is 8.72. The van der Waals surface area contributed by atoms with Crippen molar-refractivity contribution in [3.05, 3.63) is 29.3 Å². The van der Waals surface area contributed by atoms with Crippen molar-refractivity contribution >= 4 is 19.6 Å². The fourth-order valence-electron chi connectivity index (χ4n) is 5.42. The van der Waals surface area contributed by atoms with Crippen LogP contribution in [0.3, 0.4) is 0 Å². The van der Waals surface area contributed by atoms with E-state index in [0.29, 0.717) is 5.32 Å². The molecule has 2 fully saturated rings. The van der Waals surface area contributed by atoms with Crippen molar-refractivity contribution in [2.24, 2.45) is 17.8 Å². The quantitative estimate of drug-likeness (QED) is 0.783. The molecule has 24 heavy (non-hydrogen) atoms. The predicted molar refractivity (Wildman–Crippen MR) is 90.6 cm³/mol. The zero-order valence-electron chi connectivity index (χ0n) is 14.2. The van der Waals surface area contributed by atoms with E-state index in [1.807, 2.05) is 12.1 Å². The van der Waals surface area contributed by atoms with Crippen LogP contribution in [0.2, 0.25) is 5.32 Å². The van der Waals surface area contributed by atoms with Crippen molar-refractivity contribution < 1.29 is 18.5 Å². The second-order valence-electron chi connectivity index (χ2n) is 7.55. The summed E-state index contributed by atoms with van der Waals surface area (Å²) in [5, 5.41) is 11.6. The Morgan fingerprint density at radius 2 is 2.12 bits per heavy atom. The van der Waals surface area contributed by atoms with E-state index < -0.39 is 19.4 Å². The Labute approximate surface area is 146 Å². The summed E-state index contributed by atoms with van der Waals surface area (Å²) in [4.78, 5) is 12.0. The van der Waals surface area contributed by atoms with Crippen molar-refractivity contribution in [2.45, 2.75) is 48.3 Å². The number of ketones is 1. The van der Waals surface area contributed by atoms with Gasteiger partial charge in [-0.15, -0.1) is 0 Å². The maximum atomic E-state index is 13.2. The van der Waals surface area contributed by atoms with Crippen LogP contribution in [0.1, 0.15) is 42.1 Å². The van der Waals surface area contributed by atoms with Gasteiger partial charge < -0.3 is 0 Å². The third-order valence-corrected chi connectivity index (χ3v) is 10.5. The average molecular weight is 395 g/mol. The predicted octanol–water partition coefficient (Wildman–Crippen LogP) is 2.66. The molecule has 130 valence electrons. The number of carbonyl (C=O) groups excluding carboxylic acids is 1. The van der Waals surface area contributed by atoms with Crippen LogP contribution in [0.4, 0.5) is 0 Å². The van der Waals surface area contributed by atoms with Gasteiger partial charge in [-0.05, 0) is 0 Å². The molecule has 0 amide bonds. The van der Waals surface area contributed by atoms with Crippen LogP contribution in [-0.4, -0.2) is 37.4 Å². The molecule has 0 radical (unpaired) electrons. The summed E-state index contributed by atoms with van der Waals surface area (Å²) >= 11 is -2.27. The van der Waals surface area contributed by atoms with Crippen molar-refractivity contribution in [1.82, 2.24) is 0 Å². The topological polar surface area (TPSA) is 63.6 Å². The molecule has 0 aromatic heterocycles. The molecule has 1 aromatic carbocycles. The summed E-state index contributed by atoms with van der Waals surface area (Å²) in [6.45, 7) is 1.57. The molecule has 0 bridgehead atoms. The van der Waals surface area contributed by atoms with Gasteiger partial charge in [0, 0.05) is 0 Å². The number of ether oxygens (including phenoxy) is 1. The molecule has 2 aliphatic carbocycles. The number of rotatable bonds is 2. The van der Waals surface area contributed by atoms with Gasteiger partial charge in [0.15, 0.2) is 0 Å². The number of hydrogen-bond acceptors (Lipinski definition) is 4. The van der Waals surface area contributed by atoms with Crippen LogP contribution in [-0.2, 0) is 15.1 Å². The summed E-state index contributed by atoms with van der Waals surface area (Å²) in [7, 11) is 1.65. The molecular weight excluding hydrogens is 371 g/mol. The van der Waals surface area contributed by atoms with Crippen molar-refractivity contribution in [3.8, 4) is 5.75 Å². The summed E-state index contributed by atoms with van der Waals surface area (Å²) in [5.74, 6) is 0.868. The third kappa shape index (κ3) is 2.25. The molecule has 4 rings (SSSR count).